The Hall–Kier alpha value is -2.35. The van der Waals surface area contributed by atoms with Gasteiger partial charge >= 0.3 is 0 Å². The third-order valence-corrected chi connectivity index (χ3v) is 2.66. The first-order chi connectivity index (χ1) is 8.70. The Kier molecular flexibility index (Phi) is 3.58. The fraction of sp³-hybridized carbons (Fsp3) is 0.0625. The number of carbonyl (C=O) groups is 1. The first-order valence-corrected chi connectivity index (χ1v) is 5.77. The maximum absolute atomic E-state index is 12.1. The van der Waals surface area contributed by atoms with Crippen LogP contribution in [0.4, 0.5) is 0 Å². The van der Waals surface area contributed by atoms with Crippen LogP contribution in [-0.2, 0) is 0 Å². The minimum absolute atomic E-state index is 0.0398. The van der Waals surface area contributed by atoms with Gasteiger partial charge < -0.3 is 5.11 Å². The predicted molar refractivity (Wildman–Crippen MR) is 72.7 cm³/mol. The number of allylic oxidation sites excluding steroid dienone is 1. The molecule has 0 bridgehead atoms. The molecule has 0 amide bonds. The van der Waals surface area contributed by atoms with Gasteiger partial charge in [0.2, 0.25) is 0 Å². The summed E-state index contributed by atoms with van der Waals surface area (Å²) in [4.78, 5) is 12.1. The molecule has 18 heavy (non-hydrogen) atoms. The highest BCUT2D eigenvalue weighted by Crippen LogP contribution is 2.15. The molecule has 2 heteroatoms. The van der Waals surface area contributed by atoms with Gasteiger partial charge in [-0.3, -0.25) is 4.79 Å². The number of aromatic hydroxyl groups is 1. The Morgan fingerprint density at radius 2 is 1.44 bits per heavy atom. The Morgan fingerprint density at radius 3 is 1.94 bits per heavy atom. The van der Waals surface area contributed by atoms with Crippen molar-refractivity contribution in [3.05, 3.63) is 71.3 Å². The number of rotatable bonds is 3. The molecule has 2 nitrogen and oxygen atoms in total. The van der Waals surface area contributed by atoms with Crippen LogP contribution in [-0.4, -0.2) is 10.9 Å². The number of phenols is 1. The molecule has 0 saturated carbocycles. The summed E-state index contributed by atoms with van der Waals surface area (Å²) < 4.78 is 0. The lowest BCUT2D eigenvalue weighted by Gasteiger charge is -2.02. The lowest BCUT2D eigenvalue weighted by Crippen LogP contribution is -2.00. The molecule has 0 aromatic heterocycles. The summed E-state index contributed by atoms with van der Waals surface area (Å²) in [7, 11) is 0. The molecule has 0 heterocycles. The van der Waals surface area contributed by atoms with E-state index in [0.717, 1.165) is 5.56 Å². The van der Waals surface area contributed by atoms with E-state index in [1.165, 1.54) is 12.1 Å². The molecule has 2 rings (SSSR count). The summed E-state index contributed by atoms with van der Waals surface area (Å²) in [5.41, 5.74) is 2.29. The van der Waals surface area contributed by atoms with Crippen molar-refractivity contribution in [2.75, 3.05) is 0 Å². The van der Waals surface area contributed by atoms with Crippen molar-refractivity contribution in [3.8, 4) is 5.75 Å². The summed E-state index contributed by atoms with van der Waals surface area (Å²) in [6, 6.07) is 13.7. The molecule has 90 valence electrons. The summed E-state index contributed by atoms with van der Waals surface area (Å²) in [5, 5.41) is 9.19. The highest BCUT2D eigenvalue weighted by Gasteiger charge is 2.08. The SMILES string of the molecule is CC=Cc1ccc(C(=O)c2ccc(O)cc2)cc1. The standard InChI is InChI=1S/C16H14O2/c1-2-3-12-4-6-13(7-5-12)16(18)14-8-10-15(17)11-9-14/h2-11,17H,1H3. The second kappa shape index (κ2) is 5.32. The van der Waals surface area contributed by atoms with E-state index in [0.29, 0.717) is 11.1 Å². The van der Waals surface area contributed by atoms with Gasteiger partial charge in [0, 0.05) is 11.1 Å². The van der Waals surface area contributed by atoms with Crippen molar-refractivity contribution in [1.29, 1.82) is 0 Å². The molecule has 0 radical (unpaired) electrons. The van der Waals surface area contributed by atoms with Crippen LogP contribution in [0, 0.1) is 0 Å². The van der Waals surface area contributed by atoms with Gasteiger partial charge in [0.15, 0.2) is 5.78 Å². The van der Waals surface area contributed by atoms with E-state index in [1.54, 1.807) is 12.1 Å². The maximum Gasteiger partial charge on any atom is 0.193 e. The van der Waals surface area contributed by atoms with Gasteiger partial charge in [-0.05, 0) is 36.8 Å². The molecular weight excluding hydrogens is 224 g/mol. The monoisotopic (exact) mass is 238 g/mol. The minimum atomic E-state index is -0.0398. The van der Waals surface area contributed by atoms with Gasteiger partial charge in [-0.25, -0.2) is 0 Å². The largest absolute Gasteiger partial charge is 0.508 e. The molecule has 2 aromatic carbocycles. The van der Waals surface area contributed by atoms with Crippen LogP contribution in [0.2, 0.25) is 0 Å². The second-order valence-electron chi connectivity index (χ2n) is 4.00. The zero-order valence-electron chi connectivity index (χ0n) is 10.1. The van der Waals surface area contributed by atoms with Gasteiger partial charge in [-0.1, -0.05) is 36.4 Å². The molecule has 0 unspecified atom stereocenters. The van der Waals surface area contributed by atoms with E-state index in [2.05, 4.69) is 0 Å². The molecule has 0 spiro atoms. The summed E-state index contributed by atoms with van der Waals surface area (Å²) in [5.74, 6) is 0.122. The second-order valence-corrected chi connectivity index (χ2v) is 4.00. The zero-order chi connectivity index (χ0) is 13.0. The molecular formula is C16H14O2. The average Bonchev–Trinajstić information content (AvgIpc) is 2.40. The van der Waals surface area contributed by atoms with Crippen molar-refractivity contribution < 1.29 is 9.90 Å². The number of hydrogen-bond donors (Lipinski definition) is 1. The molecule has 0 aliphatic rings. The van der Waals surface area contributed by atoms with Crippen molar-refractivity contribution in [1.82, 2.24) is 0 Å². The highest BCUT2D eigenvalue weighted by atomic mass is 16.3. The molecule has 1 N–H and O–H groups in total. The van der Waals surface area contributed by atoms with Crippen molar-refractivity contribution in [2.45, 2.75) is 6.92 Å². The normalized spacial score (nSPS) is 10.7. The smallest absolute Gasteiger partial charge is 0.193 e. The lowest BCUT2D eigenvalue weighted by atomic mass is 10.0. The third-order valence-electron chi connectivity index (χ3n) is 2.66. The highest BCUT2D eigenvalue weighted by molar-refractivity contribution is 6.09. The Labute approximate surface area is 106 Å². The van der Waals surface area contributed by atoms with Crippen molar-refractivity contribution in [3.63, 3.8) is 0 Å². The lowest BCUT2D eigenvalue weighted by molar-refractivity contribution is 0.103. The van der Waals surface area contributed by atoms with Crippen molar-refractivity contribution >= 4 is 11.9 Å². The van der Waals surface area contributed by atoms with Gasteiger partial charge in [0.25, 0.3) is 0 Å². The first kappa shape index (κ1) is 12.1. The van der Waals surface area contributed by atoms with Crippen molar-refractivity contribution in [2.24, 2.45) is 0 Å². The van der Waals surface area contributed by atoms with Crippen LogP contribution in [0.15, 0.2) is 54.6 Å². The Morgan fingerprint density at radius 1 is 0.944 bits per heavy atom. The van der Waals surface area contributed by atoms with E-state index in [1.807, 2.05) is 43.3 Å². The third kappa shape index (κ3) is 2.66. The molecule has 0 saturated heterocycles. The fourth-order valence-corrected chi connectivity index (χ4v) is 1.72. The fourth-order valence-electron chi connectivity index (χ4n) is 1.72. The molecule has 0 aliphatic heterocycles. The van der Waals surface area contributed by atoms with Crippen LogP contribution < -0.4 is 0 Å². The minimum Gasteiger partial charge on any atom is -0.508 e. The number of benzene rings is 2. The van der Waals surface area contributed by atoms with E-state index in [9.17, 15) is 9.90 Å². The number of hydrogen-bond acceptors (Lipinski definition) is 2. The predicted octanol–water partition coefficient (Wildman–Crippen LogP) is 3.66. The summed E-state index contributed by atoms with van der Waals surface area (Å²) >= 11 is 0. The quantitative estimate of drug-likeness (QED) is 0.828. The summed E-state index contributed by atoms with van der Waals surface area (Å²) in [6.07, 6.45) is 3.94. The average molecular weight is 238 g/mol. The van der Waals surface area contributed by atoms with Gasteiger partial charge in [-0.2, -0.15) is 0 Å². The summed E-state index contributed by atoms with van der Waals surface area (Å²) in [6.45, 7) is 1.95. The zero-order valence-corrected chi connectivity index (χ0v) is 10.1. The van der Waals surface area contributed by atoms with Gasteiger partial charge in [-0.15, -0.1) is 0 Å². The van der Waals surface area contributed by atoms with Crippen LogP contribution in [0.1, 0.15) is 28.4 Å². The molecule has 0 fully saturated rings. The van der Waals surface area contributed by atoms with Crippen LogP contribution in [0.3, 0.4) is 0 Å². The van der Waals surface area contributed by atoms with Gasteiger partial charge in [0.1, 0.15) is 5.75 Å². The molecule has 2 aromatic rings. The Bertz CT molecular complexity index is 563. The maximum atomic E-state index is 12.1. The van der Waals surface area contributed by atoms with E-state index >= 15 is 0 Å². The number of ketones is 1. The van der Waals surface area contributed by atoms with Crippen LogP contribution in [0.25, 0.3) is 6.08 Å². The molecule has 0 atom stereocenters. The topological polar surface area (TPSA) is 37.3 Å². The molecule has 0 aliphatic carbocycles. The van der Waals surface area contributed by atoms with Crippen LogP contribution in [0.5, 0.6) is 5.75 Å². The van der Waals surface area contributed by atoms with E-state index in [4.69, 9.17) is 0 Å². The Balaban J connectivity index is 2.26. The van der Waals surface area contributed by atoms with E-state index in [-0.39, 0.29) is 11.5 Å². The van der Waals surface area contributed by atoms with Crippen LogP contribution >= 0.6 is 0 Å². The number of phenolic OH excluding ortho intramolecular Hbond substituents is 1. The van der Waals surface area contributed by atoms with Gasteiger partial charge in [0.05, 0.1) is 0 Å². The van der Waals surface area contributed by atoms with E-state index < -0.39 is 0 Å². The first-order valence-electron chi connectivity index (χ1n) is 5.77. The number of carbonyl (C=O) groups excluding carboxylic acids is 1.